The van der Waals surface area contributed by atoms with Gasteiger partial charge in [-0.05, 0) is 30.3 Å². The van der Waals surface area contributed by atoms with Gasteiger partial charge in [-0.3, -0.25) is 9.78 Å². The first-order valence-corrected chi connectivity index (χ1v) is 5.84. The number of aromatic nitrogens is 1. The van der Waals surface area contributed by atoms with Crippen LogP contribution >= 0.6 is 15.9 Å². The molecule has 0 amide bonds. The Morgan fingerprint density at radius 2 is 2.12 bits per heavy atom. The van der Waals surface area contributed by atoms with Crippen LogP contribution in [0.4, 0.5) is 4.39 Å². The molecule has 1 aromatic carbocycles. The number of hydrogen-bond donors (Lipinski definition) is 0. The van der Waals surface area contributed by atoms with Gasteiger partial charge in [0.15, 0.2) is 5.78 Å². The number of hydrogen-bond acceptors (Lipinski definition) is 2. The first kappa shape index (κ1) is 11.9. The third-order valence-corrected chi connectivity index (χ3v) is 2.99. The van der Waals surface area contributed by atoms with E-state index in [1.54, 1.807) is 18.3 Å². The van der Waals surface area contributed by atoms with Crippen molar-refractivity contribution >= 4 is 21.7 Å². The molecule has 0 bridgehead atoms. The van der Waals surface area contributed by atoms with Crippen LogP contribution in [0.15, 0.2) is 47.1 Å². The lowest BCUT2D eigenvalue weighted by atomic mass is 10.1. The molecule has 17 heavy (non-hydrogen) atoms. The van der Waals surface area contributed by atoms with E-state index < -0.39 is 5.82 Å². The Balaban J connectivity index is 2.23. The van der Waals surface area contributed by atoms with E-state index in [4.69, 9.17) is 0 Å². The lowest BCUT2D eigenvalue weighted by Crippen LogP contribution is -2.06. The van der Waals surface area contributed by atoms with E-state index in [0.717, 1.165) is 0 Å². The zero-order valence-corrected chi connectivity index (χ0v) is 10.4. The van der Waals surface area contributed by atoms with E-state index in [0.29, 0.717) is 15.7 Å². The Bertz CT molecular complexity index is 542. The summed E-state index contributed by atoms with van der Waals surface area (Å²) in [5, 5.41) is 0. The van der Waals surface area contributed by atoms with Crippen molar-refractivity contribution in [2.24, 2.45) is 0 Å². The molecule has 0 saturated carbocycles. The molecule has 0 N–H and O–H groups in total. The summed E-state index contributed by atoms with van der Waals surface area (Å²) in [4.78, 5) is 16.0. The highest BCUT2D eigenvalue weighted by atomic mass is 79.9. The van der Waals surface area contributed by atoms with Crippen molar-refractivity contribution in [3.05, 3.63) is 64.1 Å². The summed E-state index contributed by atoms with van der Waals surface area (Å²) in [6, 6.07) is 9.44. The normalized spacial score (nSPS) is 10.2. The molecule has 0 aliphatic rings. The van der Waals surface area contributed by atoms with E-state index in [1.807, 2.05) is 6.07 Å². The number of Topliss-reactive ketones (excluding diaryl/α,β-unsaturated/α-hetero) is 1. The Labute approximate surface area is 107 Å². The van der Waals surface area contributed by atoms with E-state index in [9.17, 15) is 9.18 Å². The molecular formula is C13H9BrFNO. The number of pyridine rings is 1. The number of carbonyl (C=O) groups excluding carboxylic acids is 1. The third kappa shape index (κ3) is 2.97. The molecular weight excluding hydrogens is 285 g/mol. The van der Waals surface area contributed by atoms with Crippen molar-refractivity contribution in [3.63, 3.8) is 0 Å². The minimum Gasteiger partial charge on any atom is -0.294 e. The van der Waals surface area contributed by atoms with Gasteiger partial charge in [-0.25, -0.2) is 4.39 Å². The summed E-state index contributed by atoms with van der Waals surface area (Å²) >= 11 is 3.24. The van der Waals surface area contributed by atoms with Crippen molar-refractivity contribution in [2.75, 3.05) is 0 Å². The summed E-state index contributed by atoms with van der Waals surface area (Å²) in [7, 11) is 0. The van der Waals surface area contributed by atoms with Crippen LogP contribution in [0.25, 0.3) is 0 Å². The topological polar surface area (TPSA) is 30.0 Å². The van der Waals surface area contributed by atoms with E-state index in [2.05, 4.69) is 20.9 Å². The van der Waals surface area contributed by atoms with Crippen molar-refractivity contribution in [1.29, 1.82) is 0 Å². The van der Waals surface area contributed by atoms with E-state index in [-0.39, 0.29) is 12.2 Å². The van der Waals surface area contributed by atoms with Gasteiger partial charge in [-0.1, -0.05) is 22.0 Å². The van der Waals surface area contributed by atoms with Gasteiger partial charge in [0.2, 0.25) is 0 Å². The van der Waals surface area contributed by atoms with Crippen molar-refractivity contribution < 1.29 is 9.18 Å². The molecule has 0 aliphatic heterocycles. The molecule has 0 spiro atoms. The summed E-state index contributed by atoms with van der Waals surface area (Å²) in [6.45, 7) is 0. The second kappa shape index (κ2) is 5.19. The SMILES string of the molecule is O=C(Cc1ccccn1)c1cc(F)ccc1Br. The summed E-state index contributed by atoms with van der Waals surface area (Å²) in [5.41, 5.74) is 1.02. The minimum absolute atomic E-state index is 0.157. The number of carbonyl (C=O) groups is 1. The minimum atomic E-state index is -0.419. The number of nitrogens with zero attached hydrogens (tertiary/aromatic N) is 1. The summed E-state index contributed by atoms with van der Waals surface area (Å²) in [6.07, 6.45) is 1.80. The average Bonchev–Trinajstić information content (AvgIpc) is 2.33. The monoisotopic (exact) mass is 293 g/mol. The smallest absolute Gasteiger partial charge is 0.170 e. The molecule has 2 rings (SSSR count). The van der Waals surface area contributed by atoms with Gasteiger partial charge in [0.05, 0.1) is 6.42 Å². The molecule has 0 unspecified atom stereocenters. The molecule has 1 aromatic heterocycles. The second-order valence-electron chi connectivity index (χ2n) is 3.55. The van der Waals surface area contributed by atoms with Crippen LogP contribution in [-0.2, 0) is 6.42 Å². The summed E-state index contributed by atoms with van der Waals surface area (Å²) < 4.78 is 13.7. The Morgan fingerprint density at radius 1 is 1.29 bits per heavy atom. The molecule has 1 heterocycles. The first-order valence-electron chi connectivity index (χ1n) is 5.05. The maximum absolute atomic E-state index is 13.1. The molecule has 4 heteroatoms. The van der Waals surface area contributed by atoms with Gasteiger partial charge in [-0.2, -0.15) is 0 Å². The highest BCUT2D eigenvalue weighted by molar-refractivity contribution is 9.10. The van der Waals surface area contributed by atoms with Gasteiger partial charge in [0, 0.05) is 21.9 Å². The molecule has 0 saturated heterocycles. The number of rotatable bonds is 3. The predicted octanol–water partition coefficient (Wildman–Crippen LogP) is 3.41. The molecule has 0 radical (unpaired) electrons. The third-order valence-electron chi connectivity index (χ3n) is 2.30. The van der Waals surface area contributed by atoms with Crippen LogP contribution in [0.5, 0.6) is 0 Å². The largest absolute Gasteiger partial charge is 0.294 e. The van der Waals surface area contributed by atoms with Gasteiger partial charge in [-0.15, -0.1) is 0 Å². The van der Waals surface area contributed by atoms with Gasteiger partial charge >= 0.3 is 0 Å². The molecule has 2 nitrogen and oxygen atoms in total. The fraction of sp³-hybridized carbons (Fsp3) is 0.0769. The van der Waals surface area contributed by atoms with Crippen LogP contribution in [0, 0.1) is 5.82 Å². The van der Waals surface area contributed by atoms with Crippen LogP contribution in [0.2, 0.25) is 0 Å². The predicted molar refractivity (Wildman–Crippen MR) is 66.4 cm³/mol. The molecule has 2 aromatic rings. The fourth-order valence-corrected chi connectivity index (χ4v) is 1.94. The molecule has 0 atom stereocenters. The van der Waals surface area contributed by atoms with Crippen LogP contribution in [0.1, 0.15) is 16.1 Å². The Morgan fingerprint density at radius 3 is 2.82 bits per heavy atom. The van der Waals surface area contributed by atoms with Gasteiger partial charge in [0.25, 0.3) is 0 Å². The maximum atomic E-state index is 13.1. The molecule has 0 aliphatic carbocycles. The zero-order chi connectivity index (χ0) is 12.3. The lowest BCUT2D eigenvalue weighted by Gasteiger charge is -2.03. The standard InChI is InChI=1S/C13H9BrFNO/c14-12-5-4-9(15)7-11(12)13(17)8-10-3-1-2-6-16-10/h1-7H,8H2. The van der Waals surface area contributed by atoms with Crippen molar-refractivity contribution in [1.82, 2.24) is 4.98 Å². The lowest BCUT2D eigenvalue weighted by molar-refractivity contribution is 0.0991. The summed E-state index contributed by atoms with van der Waals surface area (Å²) in [5.74, 6) is -0.576. The van der Waals surface area contributed by atoms with Gasteiger partial charge < -0.3 is 0 Å². The van der Waals surface area contributed by atoms with E-state index in [1.165, 1.54) is 18.2 Å². The highest BCUT2D eigenvalue weighted by Crippen LogP contribution is 2.19. The van der Waals surface area contributed by atoms with E-state index >= 15 is 0 Å². The average molecular weight is 294 g/mol. The maximum Gasteiger partial charge on any atom is 0.170 e. The number of benzene rings is 1. The molecule has 86 valence electrons. The van der Waals surface area contributed by atoms with Crippen LogP contribution in [0.3, 0.4) is 0 Å². The number of halogens is 2. The highest BCUT2D eigenvalue weighted by Gasteiger charge is 2.12. The fourth-order valence-electron chi connectivity index (χ4n) is 1.47. The van der Waals surface area contributed by atoms with Crippen molar-refractivity contribution in [3.8, 4) is 0 Å². The van der Waals surface area contributed by atoms with Crippen LogP contribution in [-0.4, -0.2) is 10.8 Å². The second-order valence-corrected chi connectivity index (χ2v) is 4.40. The van der Waals surface area contributed by atoms with Gasteiger partial charge in [0.1, 0.15) is 5.82 Å². The molecule has 0 fully saturated rings. The Hall–Kier alpha value is -1.55. The number of ketones is 1. The van der Waals surface area contributed by atoms with Crippen LogP contribution < -0.4 is 0 Å². The zero-order valence-electron chi connectivity index (χ0n) is 8.86. The first-order chi connectivity index (χ1) is 8.16. The quantitative estimate of drug-likeness (QED) is 0.812. The van der Waals surface area contributed by atoms with Crippen molar-refractivity contribution in [2.45, 2.75) is 6.42 Å². The Kier molecular flexibility index (Phi) is 3.64.